The predicted octanol–water partition coefficient (Wildman–Crippen LogP) is 3.89. The molecule has 1 saturated heterocycles. The minimum absolute atomic E-state index is 0.107. The number of ether oxygens (including phenoxy) is 3. The van der Waals surface area contributed by atoms with Crippen LogP contribution in [0.4, 0.5) is 0 Å². The zero-order valence-electron chi connectivity index (χ0n) is 23.0. The van der Waals surface area contributed by atoms with Gasteiger partial charge in [-0.3, -0.25) is 14.5 Å². The molecular weight excluding hydrogens is 522 g/mol. The average Bonchev–Trinajstić information content (AvgIpc) is 3.00. The molecule has 9 nitrogen and oxygen atoms in total. The lowest BCUT2D eigenvalue weighted by atomic mass is 9.87. The van der Waals surface area contributed by atoms with Gasteiger partial charge in [0.1, 0.15) is 23.0 Å². The number of carbonyl (C=O) groups excluding carboxylic acids is 2. The smallest absolute Gasteiger partial charge is 0.255 e. The number of morpholine rings is 1. The van der Waals surface area contributed by atoms with Crippen molar-refractivity contribution in [2.45, 2.75) is 25.3 Å². The number of phenolic OH excluding ortho intramolecular Hbond substituents is 1. The summed E-state index contributed by atoms with van der Waals surface area (Å²) in [6, 6.07) is 18.3. The lowest BCUT2D eigenvalue weighted by molar-refractivity contribution is -0.133. The maximum Gasteiger partial charge on any atom is 0.255 e. The van der Waals surface area contributed by atoms with Gasteiger partial charge < -0.3 is 29.5 Å². The summed E-state index contributed by atoms with van der Waals surface area (Å²) in [6.07, 6.45) is 1.75. The third-order valence-corrected chi connectivity index (χ3v) is 7.91. The molecule has 2 N–H and O–H groups in total. The standard InChI is InChI=1S/C32H35N3O6/c36-29-8-6-26-21-28(29)32(38)33-11-2-16-40-24-4-1-3-23(20-24)31-27-7-5-25(41-26)19-22(27)9-13-35(31)30(37)10-12-34-14-17-39-18-15-34/h1,3-8,19-21,31,36H,2,9-18H2,(H,33,38)/t31-/m0/s1. The van der Waals surface area contributed by atoms with Gasteiger partial charge in [-0.2, -0.15) is 0 Å². The van der Waals surface area contributed by atoms with E-state index in [0.29, 0.717) is 69.4 Å². The van der Waals surface area contributed by atoms with Crippen LogP contribution < -0.4 is 14.8 Å². The molecule has 4 aliphatic heterocycles. The second kappa shape index (κ2) is 12.2. The third kappa shape index (κ3) is 6.16. The number of rotatable bonds is 3. The van der Waals surface area contributed by atoms with Crippen LogP contribution in [0.3, 0.4) is 0 Å². The monoisotopic (exact) mass is 557 g/mol. The second-order valence-electron chi connectivity index (χ2n) is 10.6. The van der Waals surface area contributed by atoms with Crippen LogP contribution in [0, 0.1) is 0 Å². The molecule has 0 spiro atoms. The Morgan fingerprint density at radius 2 is 1.78 bits per heavy atom. The van der Waals surface area contributed by atoms with Crippen LogP contribution in [-0.2, 0) is 16.0 Å². The van der Waals surface area contributed by atoms with Crippen molar-refractivity contribution >= 4 is 11.8 Å². The van der Waals surface area contributed by atoms with E-state index in [4.69, 9.17) is 14.2 Å². The van der Waals surface area contributed by atoms with Crippen LogP contribution in [0.15, 0.2) is 60.7 Å². The number of phenols is 1. The number of nitrogens with zero attached hydrogens (tertiary/aromatic N) is 2. The first-order valence-electron chi connectivity index (χ1n) is 14.3. The summed E-state index contributed by atoms with van der Waals surface area (Å²) in [5.41, 5.74) is 3.32. The lowest BCUT2D eigenvalue weighted by Crippen LogP contribution is -2.43. The zero-order valence-corrected chi connectivity index (χ0v) is 23.0. The SMILES string of the molecule is O=C1NCCCOc2cccc(c2)[C@H]2c3ccc(cc3CCN2C(=O)CCN2CCOCC2)Oc2ccc(O)c1c2. The van der Waals surface area contributed by atoms with Gasteiger partial charge in [0.15, 0.2) is 0 Å². The molecule has 4 heterocycles. The van der Waals surface area contributed by atoms with Gasteiger partial charge in [0.25, 0.3) is 5.91 Å². The largest absolute Gasteiger partial charge is 0.507 e. The highest BCUT2D eigenvalue weighted by Gasteiger charge is 2.33. The fourth-order valence-electron chi connectivity index (χ4n) is 5.75. The molecule has 41 heavy (non-hydrogen) atoms. The number of amides is 2. The molecule has 0 aliphatic carbocycles. The van der Waals surface area contributed by atoms with Crippen molar-refractivity contribution in [2.75, 3.05) is 52.5 Å². The van der Waals surface area contributed by atoms with Crippen LogP contribution in [0.1, 0.15) is 45.9 Å². The number of hydrogen-bond donors (Lipinski definition) is 2. The van der Waals surface area contributed by atoms with E-state index in [1.54, 1.807) is 12.1 Å². The summed E-state index contributed by atoms with van der Waals surface area (Å²) < 4.78 is 17.6. The lowest BCUT2D eigenvalue weighted by Gasteiger charge is -2.38. The molecule has 9 heteroatoms. The van der Waals surface area contributed by atoms with E-state index in [-0.39, 0.29) is 29.2 Å². The molecule has 8 bridgehead atoms. The van der Waals surface area contributed by atoms with Crippen molar-refractivity contribution in [1.82, 2.24) is 15.1 Å². The number of carbonyl (C=O) groups is 2. The second-order valence-corrected chi connectivity index (χ2v) is 10.6. The van der Waals surface area contributed by atoms with Crippen molar-refractivity contribution in [3.8, 4) is 23.0 Å². The summed E-state index contributed by atoms with van der Waals surface area (Å²) in [5.74, 6) is 1.45. The van der Waals surface area contributed by atoms with Crippen molar-refractivity contribution < 1.29 is 28.9 Å². The van der Waals surface area contributed by atoms with Crippen molar-refractivity contribution in [2.24, 2.45) is 0 Å². The van der Waals surface area contributed by atoms with Gasteiger partial charge >= 0.3 is 0 Å². The van der Waals surface area contributed by atoms with E-state index in [1.807, 2.05) is 41.3 Å². The van der Waals surface area contributed by atoms with Crippen LogP contribution in [0.5, 0.6) is 23.0 Å². The molecule has 0 unspecified atom stereocenters. The van der Waals surface area contributed by atoms with E-state index >= 15 is 0 Å². The van der Waals surface area contributed by atoms with E-state index in [2.05, 4.69) is 16.3 Å². The molecule has 2 amide bonds. The van der Waals surface area contributed by atoms with Crippen molar-refractivity contribution in [3.05, 3.63) is 82.9 Å². The van der Waals surface area contributed by atoms with Gasteiger partial charge in [-0.05, 0) is 72.0 Å². The molecule has 3 aromatic carbocycles. The molecule has 3 aromatic rings. The zero-order chi connectivity index (χ0) is 28.2. The van der Waals surface area contributed by atoms with Gasteiger partial charge in [0, 0.05) is 39.1 Å². The molecule has 0 radical (unpaired) electrons. The Bertz CT molecular complexity index is 1420. The highest BCUT2D eigenvalue weighted by Crippen LogP contribution is 2.39. The number of nitrogens with one attached hydrogen (secondary N) is 1. The fourth-order valence-corrected chi connectivity index (χ4v) is 5.75. The topological polar surface area (TPSA) is 101 Å². The van der Waals surface area contributed by atoms with E-state index in [9.17, 15) is 14.7 Å². The van der Waals surface area contributed by atoms with E-state index in [0.717, 1.165) is 36.3 Å². The molecule has 1 atom stereocenters. The quantitative estimate of drug-likeness (QED) is 0.504. The number of fused-ring (bicyclic) bond motifs is 6. The summed E-state index contributed by atoms with van der Waals surface area (Å²) in [4.78, 5) is 30.7. The Kier molecular flexibility index (Phi) is 8.07. The maximum absolute atomic E-state index is 13.7. The van der Waals surface area contributed by atoms with Crippen molar-refractivity contribution in [1.29, 1.82) is 0 Å². The van der Waals surface area contributed by atoms with E-state index in [1.165, 1.54) is 6.07 Å². The normalized spacial score (nSPS) is 19.4. The molecular formula is C32H35N3O6. The van der Waals surface area contributed by atoms with Gasteiger partial charge in [-0.25, -0.2) is 0 Å². The summed E-state index contributed by atoms with van der Waals surface area (Å²) in [6.45, 7) is 5.25. The Morgan fingerprint density at radius 1 is 0.951 bits per heavy atom. The molecule has 1 fully saturated rings. The summed E-state index contributed by atoms with van der Waals surface area (Å²) in [5, 5.41) is 13.1. The highest BCUT2D eigenvalue weighted by molar-refractivity contribution is 5.97. The van der Waals surface area contributed by atoms with Crippen molar-refractivity contribution in [3.63, 3.8) is 0 Å². The average molecular weight is 558 g/mol. The maximum atomic E-state index is 13.7. The Balaban J connectivity index is 1.33. The minimum atomic E-state index is -0.372. The van der Waals surface area contributed by atoms with Gasteiger partial charge in [-0.1, -0.05) is 18.2 Å². The molecule has 7 rings (SSSR count). The number of benzene rings is 3. The number of aromatic hydroxyl groups is 1. The first kappa shape index (κ1) is 27.1. The number of hydrogen-bond acceptors (Lipinski definition) is 7. The van der Waals surface area contributed by atoms with E-state index < -0.39 is 0 Å². The van der Waals surface area contributed by atoms with Crippen LogP contribution >= 0.6 is 0 Å². The van der Waals surface area contributed by atoms with Gasteiger partial charge in [-0.15, -0.1) is 0 Å². The summed E-state index contributed by atoms with van der Waals surface area (Å²) in [7, 11) is 0. The first-order chi connectivity index (χ1) is 20.0. The Hall–Kier alpha value is -4.08. The molecule has 214 valence electrons. The van der Waals surface area contributed by atoms with Crippen LogP contribution in [0.25, 0.3) is 0 Å². The Morgan fingerprint density at radius 3 is 2.66 bits per heavy atom. The van der Waals surface area contributed by atoms with Gasteiger partial charge in [0.2, 0.25) is 5.91 Å². The molecule has 4 aliphatic rings. The fraction of sp³-hybridized carbons (Fsp3) is 0.375. The minimum Gasteiger partial charge on any atom is -0.507 e. The molecule has 0 aromatic heterocycles. The summed E-state index contributed by atoms with van der Waals surface area (Å²) >= 11 is 0. The predicted molar refractivity (Wildman–Crippen MR) is 153 cm³/mol. The molecule has 0 saturated carbocycles. The third-order valence-electron chi connectivity index (χ3n) is 7.91. The van der Waals surface area contributed by atoms with Crippen LogP contribution in [-0.4, -0.2) is 79.3 Å². The first-order valence-corrected chi connectivity index (χ1v) is 14.3. The van der Waals surface area contributed by atoms with Crippen LogP contribution in [0.2, 0.25) is 0 Å². The van der Waals surface area contributed by atoms with Gasteiger partial charge in [0.05, 0.1) is 31.4 Å². The highest BCUT2D eigenvalue weighted by atomic mass is 16.5. The Labute approximate surface area is 239 Å².